The van der Waals surface area contributed by atoms with Gasteiger partial charge in [-0.3, -0.25) is 4.57 Å². The van der Waals surface area contributed by atoms with Crippen LogP contribution >= 0.6 is 0 Å². The number of aromatic nitrogens is 5. The van der Waals surface area contributed by atoms with Crippen molar-refractivity contribution in [2.24, 2.45) is 0 Å². The summed E-state index contributed by atoms with van der Waals surface area (Å²) in [5.74, 6) is 1.88. The molecule has 50 heavy (non-hydrogen) atoms. The zero-order valence-electron chi connectivity index (χ0n) is 26.8. The second-order valence-corrected chi connectivity index (χ2v) is 12.9. The Morgan fingerprint density at radius 1 is 0.320 bits per heavy atom. The smallest absolute Gasteiger partial charge is 0.238 e. The van der Waals surface area contributed by atoms with Gasteiger partial charge in [-0.1, -0.05) is 127 Å². The van der Waals surface area contributed by atoms with Gasteiger partial charge in [0.15, 0.2) is 11.6 Å². The van der Waals surface area contributed by atoms with E-state index >= 15 is 0 Å². The maximum Gasteiger partial charge on any atom is 0.238 e. The van der Waals surface area contributed by atoms with E-state index in [1.54, 1.807) is 0 Å². The van der Waals surface area contributed by atoms with Crippen molar-refractivity contribution in [1.82, 2.24) is 23.9 Å². The van der Waals surface area contributed by atoms with E-state index in [2.05, 4.69) is 112 Å². The van der Waals surface area contributed by atoms with Crippen molar-refractivity contribution in [2.45, 2.75) is 0 Å². The molecule has 0 aliphatic carbocycles. The van der Waals surface area contributed by atoms with Crippen LogP contribution in [0.2, 0.25) is 0 Å². The molecule has 0 amide bonds. The average molecular weight is 638 g/mol. The number of rotatable bonds is 4. The Balaban J connectivity index is 1.12. The van der Waals surface area contributed by atoms with Crippen molar-refractivity contribution in [2.75, 3.05) is 0 Å². The SMILES string of the molecule is c1ccc(-c2nc(-c3ccccc3)nc(-n3c4ccccc4c4cc(-c5ccc6c(c5)c5cccc7c8ccccc8n6c75)ccc43)n2)cc1. The van der Waals surface area contributed by atoms with Crippen LogP contribution in [0.1, 0.15) is 0 Å². The van der Waals surface area contributed by atoms with E-state index in [0.29, 0.717) is 17.6 Å². The van der Waals surface area contributed by atoms with Crippen molar-refractivity contribution in [3.05, 3.63) is 164 Å². The molecule has 0 aliphatic heterocycles. The van der Waals surface area contributed by atoms with Crippen LogP contribution in [0.4, 0.5) is 0 Å². The minimum Gasteiger partial charge on any atom is -0.308 e. The molecule has 11 aromatic rings. The quantitative estimate of drug-likeness (QED) is 0.193. The molecule has 0 bridgehead atoms. The summed E-state index contributed by atoms with van der Waals surface area (Å²) in [4.78, 5) is 15.1. The standard InChI is InChI=1S/C45H27N5/c1-3-12-28(13-4-1)43-46-44(29-14-5-2-6-15-29)48-45(47-43)50-39-21-10-8-17-33(39)36-26-30(23-25-41(36)50)31-22-24-40-37(27-31)35-19-11-18-34-32-16-7-9-20-38(32)49(40)42(34)35/h1-27H. The van der Waals surface area contributed by atoms with Crippen LogP contribution in [0.25, 0.3) is 99.8 Å². The highest BCUT2D eigenvalue weighted by Gasteiger charge is 2.20. The van der Waals surface area contributed by atoms with Gasteiger partial charge < -0.3 is 4.40 Å². The molecule has 0 radical (unpaired) electrons. The fourth-order valence-electron chi connectivity index (χ4n) is 7.88. The molecule has 0 unspecified atom stereocenters. The van der Waals surface area contributed by atoms with E-state index in [4.69, 9.17) is 15.0 Å². The Hall–Kier alpha value is -6.85. The van der Waals surface area contributed by atoms with Gasteiger partial charge in [0.2, 0.25) is 5.95 Å². The van der Waals surface area contributed by atoms with Gasteiger partial charge >= 0.3 is 0 Å². The Labute approximate surface area is 286 Å². The third-order valence-electron chi connectivity index (χ3n) is 10.1. The molecule has 0 spiro atoms. The number of nitrogens with zero attached hydrogens (tertiary/aromatic N) is 5. The van der Waals surface area contributed by atoms with Crippen LogP contribution in [0.3, 0.4) is 0 Å². The fourth-order valence-corrected chi connectivity index (χ4v) is 7.88. The van der Waals surface area contributed by atoms with Crippen LogP contribution in [-0.2, 0) is 0 Å². The number of benzene rings is 7. The van der Waals surface area contributed by atoms with Gasteiger partial charge in [0.05, 0.1) is 27.6 Å². The average Bonchev–Trinajstić information content (AvgIpc) is 3.83. The summed E-state index contributed by atoms with van der Waals surface area (Å²) in [6.07, 6.45) is 0. The zero-order valence-corrected chi connectivity index (χ0v) is 26.8. The molecular formula is C45H27N5. The number of hydrogen-bond acceptors (Lipinski definition) is 3. The lowest BCUT2D eigenvalue weighted by molar-refractivity contribution is 0.953. The largest absolute Gasteiger partial charge is 0.308 e. The molecule has 7 aromatic carbocycles. The normalized spacial score (nSPS) is 12.0. The highest BCUT2D eigenvalue weighted by atomic mass is 15.2. The van der Waals surface area contributed by atoms with Gasteiger partial charge in [-0.2, -0.15) is 9.97 Å². The predicted octanol–water partition coefficient (Wildman–Crippen LogP) is 11.1. The van der Waals surface area contributed by atoms with Crippen molar-refractivity contribution in [1.29, 1.82) is 0 Å². The van der Waals surface area contributed by atoms with E-state index in [-0.39, 0.29) is 0 Å². The molecule has 0 N–H and O–H groups in total. The Morgan fingerprint density at radius 2 is 0.780 bits per heavy atom. The first-order valence-electron chi connectivity index (χ1n) is 16.9. The van der Waals surface area contributed by atoms with Gasteiger partial charge in [0, 0.05) is 43.4 Å². The molecule has 0 saturated carbocycles. The molecular weight excluding hydrogens is 611 g/mol. The van der Waals surface area contributed by atoms with Crippen LogP contribution in [0.5, 0.6) is 0 Å². The van der Waals surface area contributed by atoms with Gasteiger partial charge in [-0.05, 0) is 47.5 Å². The van der Waals surface area contributed by atoms with E-state index in [9.17, 15) is 0 Å². The number of hydrogen-bond donors (Lipinski definition) is 0. The van der Waals surface area contributed by atoms with Gasteiger partial charge in [0.25, 0.3) is 0 Å². The first-order chi connectivity index (χ1) is 24.8. The van der Waals surface area contributed by atoms with Crippen molar-refractivity contribution in [3.8, 4) is 39.9 Å². The van der Waals surface area contributed by atoms with Gasteiger partial charge in [-0.25, -0.2) is 4.98 Å². The summed E-state index contributed by atoms with van der Waals surface area (Å²) in [5.41, 5.74) is 10.1. The second-order valence-electron chi connectivity index (χ2n) is 12.9. The molecule has 5 heteroatoms. The molecule has 0 fully saturated rings. The summed E-state index contributed by atoms with van der Waals surface area (Å²) >= 11 is 0. The molecule has 0 atom stereocenters. The molecule has 4 heterocycles. The van der Waals surface area contributed by atoms with Gasteiger partial charge in [-0.15, -0.1) is 0 Å². The van der Waals surface area contributed by atoms with E-state index in [1.165, 1.54) is 49.2 Å². The molecule has 5 nitrogen and oxygen atoms in total. The van der Waals surface area contributed by atoms with Crippen LogP contribution in [-0.4, -0.2) is 23.9 Å². The first kappa shape index (κ1) is 27.1. The Morgan fingerprint density at radius 3 is 1.44 bits per heavy atom. The van der Waals surface area contributed by atoms with E-state index < -0.39 is 0 Å². The van der Waals surface area contributed by atoms with Crippen molar-refractivity contribution < 1.29 is 0 Å². The van der Waals surface area contributed by atoms with Crippen molar-refractivity contribution >= 4 is 59.9 Å². The predicted molar refractivity (Wildman–Crippen MR) is 205 cm³/mol. The zero-order chi connectivity index (χ0) is 32.8. The molecule has 4 aromatic heterocycles. The highest BCUT2D eigenvalue weighted by molar-refractivity contribution is 6.23. The van der Waals surface area contributed by atoms with E-state index in [0.717, 1.165) is 32.9 Å². The Kier molecular flexibility index (Phi) is 5.60. The number of fused-ring (bicyclic) bond motifs is 9. The van der Waals surface area contributed by atoms with Crippen LogP contribution in [0, 0.1) is 0 Å². The fraction of sp³-hybridized carbons (Fsp3) is 0. The summed E-state index contributed by atoms with van der Waals surface area (Å²) in [7, 11) is 0. The molecule has 0 aliphatic rings. The topological polar surface area (TPSA) is 48.0 Å². The first-order valence-corrected chi connectivity index (χ1v) is 16.9. The lowest BCUT2D eigenvalue weighted by Gasteiger charge is -2.11. The monoisotopic (exact) mass is 637 g/mol. The molecule has 232 valence electrons. The summed E-state index contributed by atoms with van der Waals surface area (Å²) < 4.78 is 4.61. The molecule has 11 rings (SSSR count). The Bertz CT molecular complexity index is 3030. The minimum atomic E-state index is 0.594. The number of para-hydroxylation sites is 3. The second kappa shape index (κ2) is 10.3. The third kappa shape index (κ3) is 3.86. The lowest BCUT2D eigenvalue weighted by Crippen LogP contribution is -2.06. The maximum absolute atomic E-state index is 5.08. The lowest BCUT2D eigenvalue weighted by atomic mass is 10.00. The highest BCUT2D eigenvalue weighted by Crippen LogP contribution is 2.41. The van der Waals surface area contributed by atoms with Crippen molar-refractivity contribution in [3.63, 3.8) is 0 Å². The molecule has 0 saturated heterocycles. The summed E-state index contributed by atoms with van der Waals surface area (Å²) in [5, 5.41) is 7.46. The maximum atomic E-state index is 5.08. The van der Waals surface area contributed by atoms with Crippen LogP contribution in [0.15, 0.2) is 164 Å². The van der Waals surface area contributed by atoms with Crippen LogP contribution < -0.4 is 0 Å². The van der Waals surface area contributed by atoms with Gasteiger partial charge in [0.1, 0.15) is 0 Å². The minimum absolute atomic E-state index is 0.594. The summed E-state index contributed by atoms with van der Waals surface area (Å²) in [6.45, 7) is 0. The summed E-state index contributed by atoms with van der Waals surface area (Å²) in [6, 6.07) is 57.8. The third-order valence-corrected chi connectivity index (χ3v) is 10.1. The van der Waals surface area contributed by atoms with E-state index in [1.807, 2.05) is 60.7 Å².